The van der Waals surface area contributed by atoms with Gasteiger partial charge in [0.25, 0.3) is 0 Å². The molecule has 1 aliphatic heterocycles. The summed E-state index contributed by atoms with van der Waals surface area (Å²) in [7, 11) is 0. The fourth-order valence-electron chi connectivity index (χ4n) is 2.51. The van der Waals surface area contributed by atoms with Crippen LogP contribution < -0.4 is 10.6 Å². The van der Waals surface area contributed by atoms with Crippen LogP contribution in [0.15, 0.2) is 23.1 Å². The first kappa shape index (κ1) is 16.4. The van der Waals surface area contributed by atoms with Gasteiger partial charge in [0.1, 0.15) is 0 Å². The van der Waals surface area contributed by atoms with Gasteiger partial charge in [-0.25, -0.2) is 0 Å². The summed E-state index contributed by atoms with van der Waals surface area (Å²) in [6, 6.07) is 6.29. The van der Waals surface area contributed by atoms with Gasteiger partial charge in [-0.15, -0.1) is 11.8 Å². The fraction of sp³-hybridized carbons (Fsp3) is 0.588. The molecule has 4 heteroatoms. The molecule has 1 fully saturated rings. The topological polar surface area (TPSA) is 41.1 Å². The summed E-state index contributed by atoms with van der Waals surface area (Å²) < 4.78 is 0.201. The van der Waals surface area contributed by atoms with Crippen molar-refractivity contribution in [2.75, 3.05) is 18.4 Å². The minimum atomic E-state index is 0.147. The SMILES string of the molecule is Cc1cc(SC(C)(C)C)ccc1NC(=O)C1CCNCC1. The van der Waals surface area contributed by atoms with Crippen LogP contribution >= 0.6 is 11.8 Å². The maximum absolute atomic E-state index is 12.3. The van der Waals surface area contributed by atoms with Crippen molar-refractivity contribution in [2.24, 2.45) is 5.92 Å². The highest BCUT2D eigenvalue weighted by Gasteiger charge is 2.21. The number of anilines is 1. The molecule has 0 spiro atoms. The van der Waals surface area contributed by atoms with Crippen molar-refractivity contribution in [1.29, 1.82) is 0 Å². The Labute approximate surface area is 132 Å². The zero-order valence-electron chi connectivity index (χ0n) is 13.5. The van der Waals surface area contributed by atoms with E-state index in [1.807, 2.05) is 17.8 Å². The largest absolute Gasteiger partial charge is 0.326 e. The Morgan fingerprint density at radius 1 is 1.29 bits per heavy atom. The summed E-state index contributed by atoms with van der Waals surface area (Å²) in [6.45, 7) is 10.6. The molecule has 1 amide bonds. The zero-order chi connectivity index (χ0) is 15.5. The Bertz CT molecular complexity index is 502. The summed E-state index contributed by atoms with van der Waals surface area (Å²) in [6.07, 6.45) is 1.87. The second-order valence-corrected chi connectivity index (χ2v) is 8.60. The van der Waals surface area contributed by atoms with E-state index in [0.29, 0.717) is 0 Å². The summed E-state index contributed by atoms with van der Waals surface area (Å²) in [5, 5.41) is 6.39. The number of hydrogen-bond acceptors (Lipinski definition) is 3. The third-order valence-corrected chi connectivity index (χ3v) is 4.69. The molecule has 0 bridgehead atoms. The van der Waals surface area contributed by atoms with E-state index in [-0.39, 0.29) is 16.6 Å². The first-order valence-corrected chi connectivity index (χ1v) is 8.48. The lowest BCUT2D eigenvalue weighted by Gasteiger charge is -2.22. The van der Waals surface area contributed by atoms with Crippen molar-refractivity contribution in [2.45, 2.75) is 50.2 Å². The van der Waals surface area contributed by atoms with E-state index in [4.69, 9.17) is 0 Å². The van der Waals surface area contributed by atoms with Gasteiger partial charge >= 0.3 is 0 Å². The first-order valence-electron chi connectivity index (χ1n) is 7.66. The minimum absolute atomic E-state index is 0.147. The van der Waals surface area contributed by atoms with Crippen LogP contribution in [0.5, 0.6) is 0 Å². The van der Waals surface area contributed by atoms with Gasteiger partial charge in [0, 0.05) is 21.2 Å². The fourth-order valence-corrected chi connectivity index (χ4v) is 3.59. The Balaban J connectivity index is 2.02. The predicted octanol–water partition coefficient (Wildman–Crippen LogP) is 3.82. The summed E-state index contributed by atoms with van der Waals surface area (Å²) >= 11 is 1.85. The number of benzene rings is 1. The van der Waals surface area contributed by atoms with Gasteiger partial charge < -0.3 is 10.6 Å². The van der Waals surface area contributed by atoms with E-state index in [1.165, 1.54) is 4.90 Å². The molecule has 21 heavy (non-hydrogen) atoms. The quantitative estimate of drug-likeness (QED) is 0.834. The van der Waals surface area contributed by atoms with E-state index in [9.17, 15) is 4.79 Å². The smallest absolute Gasteiger partial charge is 0.227 e. The maximum Gasteiger partial charge on any atom is 0.227 e. The zero-order valence-corrected chi connectivity index (χ0v) is 14.3. The molecule has 3 nitrogen and oxygen atoms in total. The molecule has 0 aliphatic carbocycles. The van der Waals surface area contributed by atoms with Gasteiger partial charge in [-0.1, -0.05) is 20.8 Å². The lowest BCUT2D eigenvalue weighted by molar-refractivity contribution is -0.120. The van der Waals surface area contributed by atoms with Crippen molar-refractivity contribution in [1.82, 2.24) is 5.32 Å². The van der Waals surface area contributed by atoms with E-state index < -0.39 is 0 Å². The highest BCUT2D eigenvalue weighted by Crippen LogP contribution is 2.33. The van der Waals surface area contributed by atoms with Crippen LogP contribution in [-0.4, -0.2) is 23.7 Å². The van der Waals surface area contributed by atoms with Crippen LogP contribution in [0.4, 0.5) is 5.69 Å². The number of hydrogen-bond donors (Lipinski definition) is 2. The number of piperidine rings is 1. The first-order chi connectivity index (χ1) is 9.85. The Morgan fingerprint density at radius 2 is 1.95 bits per heavy atom. The molecule has 0 atom stereocenters. The van der Waals surface area contributed by atoms with Crippen LogP contribution in [0, 0.1) is 12.8 Å². The lowest BCUT2D eigenvalue weighted by Crippen LogP contribution is -2.34. The van der Waals surface area contributed by atoms with Gasteiger partial charge in [-0.3, -0.25) is 4.79 Å². The van der Waals surface area contributed by atoms with Crippen LogP contribution in [-0.2, 0) is 4.79 Å². The van der Waals surface area contributed by atoms with Crippen molar-refractivity contribution in [3.05, 3.63) is 23.8 Å². The van der Waals surface area contributed by atoms with Crippen molar-refractivity contribution >= 4 is 23.4 Å². The van der Waals surface area contributed by atoms with Crippen LogP contribution in [0.2, 0.25) is 0 Å². The molecule has 2 rings (SSSR count). The third kappa shape index (κ3) is 5.04. The molecule has 0 saturated carbocycles. The van der Waals surface area contributed by atoms with Gasteiger partial charge in [-0.05, 0) is 56.6 Å². The predicted molar refractivity (Wildman–Crippen MR) is 91.0 cm³/mol. The molecule has 1 aromatic carbocycles. The normalized spacial score (nSPS) is 16.8. The molecular formula is C17H26N2OS. The second-order valence-electron chi connectivity index (χ2n) is 6.70. The summed E-state index contributed by atoms with van der Waals surface area (Å²) in [4.78, 5) is 13.5. The third-order valence-electron chi connectivity index (χ3n) is 3.59. The van der Waals surface area contributed by atoms with E-state index in [1.54, 1.807) is 0 Å². The molecule has 1 heterocycles. The van der Waals surface area contributed by atoms with E-state index >= 15 is 0 Å². The number of carbonyl (C=O) groups is 1. The maximum atomic E-state index is 12.3. The Kier molecular flexibility index (Phi) is 5.33. The highest BCUT2D eigenvalue weighted by atomic mass is 32.2. The van der Waals surface area contributed by atoms with Gasteiger partial charge in [0.05, 0.1) is 0 Å². The monoisotopic (exact) mass is 306 g/mol. The number of aryl methyl sites for hydroxylation is 1. The molecule has 2 N–H and O–H groups in total. The average molecular weight is 306 g/mol. The van der Waals surface area contributed by atoms with Crippen LogP contribution in [0.1, 0.15) is 39.2 Å². The molecule has 1 saturated heterocycles. The molecule has 1 aromatic rings. The van der Waals surface area contributed by atoms with Crippen molar-refractivity contribution < 1.29 is 4.79 Å². The summed E-state index contributed by atoms with van der Waals surface area (Å²) in [5.74, 6) is 0.310. The summed E-state index contributed by atoms with van der Waals surface area (Å²) in [5.41, 5.74) is 2.07. The molecule has 116 valence electrons. The van der Waals surface area contributed by atoms with Crippen molar-refractivity contribution in [3.63, 3.8) is 0 Å². The Morgan fingerprint density at radius 3 is 2.52 bits per heavy atom. The number of carbonyl (C=O) groups excluding carboxylic acids is 1. The van der Waals surface area contributed by atoms with Crippen molar-refractivity contribution in [3.8, 4) is 0 Å². The highest BCUT2D eigenvalue weighted by molar-refractivity contribution is 8.00. The van der Waals surface area contributed by atoms with Crippen LogP contribution in [0.25, 0.3) is 0 Å². The van der Waals surface area contributed by atoms with E-state index in [2.05, 4.69) is 50.5 Å². The van der Waals surface area contributed by atoms with E-state index in [0.717, 1.165) is 37.2 Å². The molecule has 0 unspecified atom stereocenters. The number of nitrogens with one attached hydrogen (secondary N) is 2. The number of rotatable bonds is 3. The van der Waals surface area contributed by atoms with Gasteiger partial charge in [0.2, 0.25) is 5.91 Å². The van der Waals surface area contributed by atoms with Gasteiger partial charge in [0.15, 0.2) is 0 Å². The molecule has 1 aliphatic rings. The molecule has 0 radical (unpaired) electrons. The lowest BCUT2D eigenvalue weighted by atomic mass is 9.97. The Hall–Kier alpha value is -1.00. The standard InChI is InChI=1S/C17H26N2OS/c1-12-11-14(21-17(2,3)4)5-6-15(12)19-16(20)13-7-9-18-10-8-13/h5-6,11,13,18H,7-10H2,1-4H3,(H,19,20). The molecular weight excluding hydrogens is 280 g/mol. The van der Waals surface area contributed by atoms with Crippen LogP contribution in [0.3, 0.4) is 0 Å². The second kappa shape index (κ2) is 6.84. The average Bonchev–Trinajstić information content (AvgIpc) is 2.41. The number of thioether (sulfide) groups is 1. The minimum Gasteiger partial charge on any atom is -0.326 e. The van der Waals surface area contributed by atoms with Gasteiger partial charge in [-0.2, -0.15) is 0 Å². The number of amides is 1. The molecule has 0 aromatic heterocycles.